The highest BCUT2D eigenvalue weighted by Gasteiger charge is 2.11. The van der Waals surface area contributed by atoms with Crippen LogP contribution in [0.4, 0.5) is 4.39 Å². The van der Waals surface area contributed by atoms with E-state index in [2.05, 4.69) is 11.1 Å². The van der Waals surface area contributed by atoms with E-state index in [0.29, 0.717) is 5.82 Å². The first-order valence-electron chi connectivity index (χ1n) is 5.88. The fourth-order valence-electron chi connectivity index (χ4n) is 2.13. The molecular weight excluding hydrogens is 241 g/mol. The molecule has 0 aliphatic heterocycles. The molecule has 0 amide bonds. The van der Waals surface area contributed by atoms with Crippen molar-refractivity contribution in [2.24, 2.45) is 0 Å². The lowest BCUT2D eigenvalue weighted by atomic mass is 10.2. The number of aromatic nitrogens is 2. The van der Waals surface area contributed by atoms with Gasteiger partial charge in [0.25, 0.3) is 0 Å². The molecule has 1 aromatic heterocycles. The summed E-state index contributed by atoms with van der Waals surface area (Å²) in [5.74, 6) is 0.398. The number of halogens is 1. The molecule has 0 spiro atoms. The monoisotopic (exact) mass is 251 g/mol. The van der Waals surface area contributed by atoms with Crippen molar-refractivity contribution in [1.29, 1.82) is 5.26 Å². The molecule has 19 heavy (non-hydrogen) atoms. The highest BCUT2D eigenvalue weighted by molar-refractivity contribution is 5.80. The van der Waals surface area contributed by atoms with Crippen molar-refractivity contribution in [2.75, 3.05) is 0 Å². The number of hydrogen-bond acceptors (Lipinski definition) is 2. The van der Waals surface area contributed by atoms with E-state index in [-0.39, 0.29) is 12.4 Å². The Balaban J connectivity index is 2.25. The number of nitriles is 1. The molecule has 3 rings (SSSR count). The molecule has 92 valence electrons. The van der Waals surface area contributed by atoms with E-state index in [1.807, 2.05) is 28.8 Å². The maximum atomic E-state index is 13.0. The number of benzene rings is 2. The average molecular weight is 251 g/mol. The van der Waals surface area contributed by atoms with Crippen molar-refractivity contribution < 1.29 is 4.39 Å². The van der Waals surface area contributed by atoms with Gasteiger partial charge in [0.1, 0.15) is 18.2 Å². The summed E-state index contributed by atoms with van der Waals surface area (Å²) < 4.78 is 14.8. The van der Waals surface area contributed by atoms with Crippen molar-refractivity contribution >= 4 is 11.0 Å². The highest BCUT2D eigenvalue weighted by atomic mass is 19.1. The first-order valence-corrected chi connectivity index (χ1v) is 5.88. The fraction of sp³-hybridized carbons (Fsp3) is 0.0667. The molecule has 0 aliphatic carbocycles. The summed E-state index contributed by atoms with van der Waals surface area (Å²) in [6.45, 7) is 0.215. The molecule has 0 unspecified atom stereocenters. The van der Waals surface area contributed by atoms with E-state index in [0.717, 1.165) is 16.6 Å². The largest absolute Gasteiger partial charge is 0.310 e. The zero-order valence-corrected chi connectivity index (χ0v) is 10.0. The molecule has 2 aromatic carbocycles. The Bertz CT molecular complexity index is 766. The Morgan fingerprint density at radius 3 is 2.58 bits per heavy atom. The molecule has 4 heteroatoms. The maximum absolute atomic E-state index is 13.0. The fourth-order valence-corrected chi connectivity index (χ4v) is 2.13. The lowest BCUT2D eigenvalue weighted by Gasteiger charge is -2.04. The maximum Gasteiger partial charge on any atom is 0.142 e. The van der Waals surface area contributed by atoms with E-state index in [4.69, 9.17) is 5.26 Å². The van der Waals surface area contributed by atoms with Crippen molar-refractivity contribution in [2.45, 2.75) is 6.54 Å². The molecule has 0 atom stereocenters. The molecular formula is C15H10FN3. The second-order valence-electron chi connectivity index (χ2n) is 4.18. The van der Waals surface area contributed by atoms with Crippen LogP contribution < -0.4 is 0 Å². The third-order valence-electron chi connectivity index (χ3n) is 2.99. The van der Waals surface area contributed by atoms with Gasteiger partial charge in [-0.3, -0.25) is 0 Å². The second-order valence-corrected chi connectivity index (χ2v) is 4.18. The quantitative estimate of drug-likeness (QED) is 0.700. The molecule has 1 heterocycles. The topological polar surface area (TPSA) is 41.6 Å². The van der Waals surface area contributed by atoms with E-state index in [1.165, 1.54) is 12.1 Å². The van der Waals surface area contributed by atoms with Gasteiger partial charge >= 0.3 is 0 Å². The minimum Gasteiger partial charge on any atom is -0.310 e. The third kappa shape index (κ3) is 1.95. The summed E-state index contributed by atoms with van der Waals surface area (Å²) in [5, 5.41) is 8.95. The van der Waals surface area contributed by atoms with Gasteiger partial charge in [-0.25, -0.2) is 9.37 Å². The summed E-state index contributed by atoms with van der Waals surface area (Å²) in [6, 6.07) is 15.9. The van der Waals surface area contributed by atoms with Crippen molar-refractivity contribution in [3.8, 4) is 17.5 Å². The Labute approximate surface area is 109 Å². The SMILES string of the molecule is N#CCn1c(-c2ccc(F)cc2)nc2ccccc21. The van der Waals surface area contributed by atoms with Crippen LogP contribution in [0.3, 0.4) is 0 Å². The summed E-state index contributed by atoms with van der Waals surface area (Å²) in [6.07, 6.45) is 0. The number of rotatable bonds is 2. The lowest BCUT2D eigenvalue weighted by Crippen LogP contribution is -1.98. The van der Waals surface area contributed by atoms with E-state index in [9.17, 15) is 4.39 Å². The Kier molecular flexibility index (Phi) is 2.73. The van der Waals surface area contributed by atoms with Gasteiger partial charge in [0, 0.05) is 5.56 Å². The van der Waals surface area contributed by atoms with Crippen molar-refractivity contribution in [1.82, 2.24) is 9.55 Å². The molecule has 0 saturated carbocycles. The van der Waals surface area contributed by atoms with Gasteiger partial charge in [0.05, 0.1) is 17.1 Å². The molecule has 0 bridgehead atoms. The number of imidazole rings is 1. The van der Waals surface area contributed by atoms with Gasteiger partial charge in [-0.15, -0.1) is 0 Å². The molecule has 0 saturated heterocycles. The van der Waals surface area contributed by atoms with Gasteiger partial charge < -0.3 is 4.57 Å². The summed E-state index contributed by atoms with van der Waals surface area (Å²) in [4.78, 5) is 4.52. The molecule has 3 nitrogen and oxygen atoms in total. The number of fused-ring (bicyclic) bond motifs is 1. The molecule has 3 aromatic rings. The summed E-state index contributed by atoms with van der Waals surface area (Å²) in [7, 11) is 0. The zero-order valence-electron chi connectivity index (χ0n) is 10.0. The summed E-state index contributed by atoms with van der Waals surface area (Å²) in [5.41, 5.74) is 2.54. The highest BCUT2D eigenvalue weighted by Crippen LogP contribution is 2.24. The Morgan fingerprint density at radius 1 is 1.11 bits per heavy atom. The van der Waals surface area contributed by atoms with Gasteiger partial charge in [-0.2, -0.15) is 5.26 Å². The van der Waals surface area contributed by atoms with Crippen LogP contribution in [0.15, 0.2) is 48.5 Å². The van der Waals surface area contributed by atoms with Crippen LogP contribution in [0, 0.1) is 17.1 Å². The van der Waals surface area contributed by atoms with Crippen molar-refractivity contribution in [3.63, 3.8) is 0 Å². The number of nitrogens with zero attached hydrogens (tertiary/aromatic N) is 3. The third-order valence-corrected chi connectivity index (χ3v) is 2.99. The lowest BCUT2D eigenvalue weighted by molar-refractivity contribution is 0.628. The van der Waals surface area contributed by atoms with Crippen LogP contribution in [0.2, 0.25) is 0 Å². The molecule has 0 N–H and O–H groups in total. The van der Waals surface area contributed by atoms with Gasteiger partial charge in [0.15, 0.2) is 0 Å². The molecule has 0 fully saturated rings. The standard InChI is InChI=1S/C15H10FN3/c16-12-7-5-11(6-8-12)15-18-13-3-1-2-4-14(13)19(15)10-9-17/h1-8H,10H2. The van der Waals surface area contributed by atoms with Crippen LogP contribution in [-0.4, -0.2) is 9.55 Å². The second kappa shape index (κ2) is 4.54. The Morgan fingerprint density at radius 2 is 1.84 bits per heavy atom. The molecule has 0 aliphatic rings. The van der Waals surface area contributed by atoms with E-state index in [1.54, 1.807) is 12.1 Å². The van der Waals surface area contributed by atoms with Crippen LogP contribution in [0.5, 0.6) is 0 Å². The first kappa shape index (κ1) is 11.4. The van der Waals surface area contributed by atoms with Gasteiger partial charge in [0.2, 0.25) is 0 Å². The summed E-state index contributed by atoms with van der Waals surface area (Å²) >= 11 is 0. The first-order chi connectivity index (χ1) is 9.29. The smallest absolute Gasteiger partial charge is 0.142 e. The van der Waals surface area contributed by atoms with Crippen LogP contribution in [0.25, 0.3) is 22.4 Å². The minimum absolute atomic E-state index is 0.215. The average Bonchev–Trinajstić information content (AvgIpc) is 2.79. The van der Waals surface area contributed by atoms with Gasteiger partial charge in [-0.05, 0) is 36.4 Å². The van der Waals surface area contributed by atoms with Crippen LogP contribution in [-0.2, 0) is 6.54 Å². The predicted molar refractivity (Wildman–Crippen MR) is 70.7 cm³/mol. The van der Waals surface area contributed by atoms with Crippen molar-refractivity contribution in [3.05, 3.63) is 54.3 Å². The number of hydrogen-bond donors (Lipinski definition) is 0. The van der Waals surface area contributed by atoms with E-state index < -0.39 is 0 Å². The normalized spacial score (nSPS) is 10.5. The van der Waals surface area contributed by atoms with E-state index >= 15 is 0 Å². The van der Waals surface area contributed by atoms with Crippen LogP contribution in [0.1, 0.15) is 0 Å². The van der Waals surface area contributed by atoms with Gasteiger partial charge in [-0.1, -0.05) is 12.1 Å². The predicted octanol–water partition coefficient (Wildman–Crippen LogP) is 3.37. The molecule has 0 radical (unpaired) electrons. The zero-order chi connectivity index (χ0) is 13.2. The minimum atomic E-state index is -0.285. The number of para-hydroxylation sites is 2. The van der Waals surface area contributed by atoms with Crippen LogP contribution >= 0.6 is 0 Å². The Hall–Kier alpha value is -2.67.